The Morgan fingerprint density at radius 2 is 2.50 bits per heavy atom. The lowest BCUT2D eigenvalue weighted by Gasteiger charge is -1.80. The molecule has 6 heavy (non-hydrogen) atoms. The highest BCUT2D eigenvalue weighted by Gasteiger charge is 1.87. The van der Waals surface area contributed by atoms with Gasteiger partial charge in [-0.15, -0.1) is 0 Å². The first-order valence-corrected chi connectivity index (χ1v) is 2.06. The van der Waals surface area contributed by atoms with E-state index in [0.29, 0.717) is 0 Å². The Bertz CT molecular complexity index is 55.8. The van der Waals surface area contributed by atoms with Gasteiger partial charge in [-0.25, -0.2) is 0 Å². The van der Waals surface area contributed by atoms with Gasteiger partial charge in [0.15, 0.2) is 0 Å². The minimum absolute atomic E-state index is 0.306. The van der Waals surface area contributed by atoms with Crippen molar-refractivity contribution in [3.05, 3.63) is 4.91 Å². The van der Waals surface area contributed by atoms with Crippen molar-refractivity contribution < 1.29 is 0 Å². The summed E-state index contributed by atoms with van der Waals surface area (Å²) in [5, 5.41) is 3.92. The predicted molar refractivity (Wildman–Crippen MR) is 28.9 cm³/mol. The molecule has 0 aliphatic rings. The highest BCUT2D eigenvalue weighted by atomic mass is 32.1. The number of hydrogen-bond donors (Lipinski definition) is 0. The maximum Gasteiger partial charge on any atom is 0.117 e. The molecule has 0 heterocycles. The zero-order chi connectivity index (χ0) is 4.99. The molecule has 0 saturated heterocycles. The van der Waals surface area contributed by atoms with E-state index < -0.39 is 0 Å². The summed E-state index contributed by atoms with van der Waals surface area (Å²) >= 11 is 4.36. The summed E-state index contributed by atoms with van der Waals surface area (Å²) in [4.78, 5) is 9.39. The van der Waals surface area contributed by atoms with Crippen LogP contribution in [0.2, 0.25) is 0 Å². The van der Waals surface area contributed by atoms with E-state index in [9.17, 15) is 4.91 Å². The fourth-order valence-corrected chi connectivity index (χ4v) is 0.0745. The lowest BCUT2D eigenvalue weighted by Crippen LogP contribution is -1.92. The van der Waals surface area contributed by atoms with Gasteiger partial charge < -0.3 is 0 Å². The summed E-state index contributed by atoms with van der Waals surface area (Å²) < 4.78 is 0. The normalized spacial score (nSPS) is 12.8. The molecule has 0 saturated carbocycles. The molecule has 0 radical (unpaired) electrons. The lowest BCUT2D eigenvalue weighted by atomic mass is 10.4. The van der Waals surface area contributed by atoms with Crippen LogP contribution in [0.15, 0.2) is 5.18 Å². The number of nitrogens with zero attached hydrogens (tertiary/aromatic N) is 1. The van der Waals surface area contributed by atoms with Gasteiger partial charge in [-0.3, -0.25) is 0 Å². The number of rotatable bonds is 2. The minimum atomic E-state index is -0.306. The Labute approximate surface area is 41.5 Å². The van der Waals surface area contributed by atoms with Gasteiger partial charge >= 0.3 is 0 Å². The third-order valence-electron chi connectivity index (χ3n) is 0.363. The lowest BCUT2D eigenvalue weighted by molar-refractivity contribution is 0.996. The van der Waals surface area contributed by atoms with Crippen LogP contribution in [0.4, 0.5) is 0 Å². The molecule has 0 aliphatic carbocycles. The number of thiocarbonyl (C=S) groups is 1. The van der Waals surface area contributed by atoms with Gasteiger partial charge in [0, 0.05) is 5.37 Å². The predicted octanol–water partition coefficient (Wildman–Crippen LogP) is 1.14. The van der Waals surface area contributed by atoms with Gasteiger partial charge in [0.2, 0.25) is 0 Å². The summed E-state index contributed by atoms with van der Waals surface area (Å²) in [6, 6.07) is -0.306. The molecule has 3 heteroatoms. The summed E-state index contributed by atoms with van der Waals surface area (Å²) in [5.41, 5.74) is 0. The fourth-order valence-electron chi connectivity index (χ4n) is 0.0248. The molecule has 34 valence electrons. The highest BCUT2D eigenvalue weighted by molar-refractivity contribution is 7.79. The average molecular weight is 103 g/mol. The van der Waals surface area contributed by atoms with Gasteiger partial charge in [0.1, 0.15) is 6.04 Å². The van der Waals surface area contributed by atoms with E-state index in [0.717, 1.165) is 0 Å². The second-order valence-electron chi connectivity index (χ2n) is 0.982. The van der Waals surface area contributed by atoms with E-state index in [4.69, 9.17) is 0 Å². The Morgan fingerprint density at radius 3 is 2.50 bits per heavy atom. The summed E-state index contributed by atoms with van der Waals surface area (Å²) in [7, 11) is 0. The molecule has 0 amide bonds. The van der Waals surface area contributed by atoms with E-state index in [2.05, 4.69) is 17.4 Å². The molecule has 0 aromatic rings. The monoisotopic (exact) mass is 103 g/mol. The van der Waals surface area contributed by atoms with Crippen LogP contribution in [0.25, 0.3) is 0 Å². The first-order valence-electron chi connectivity index (χ1n) is 1.59. The van der Waals surface area contributed by atoms with Gasteiger partial charge in [-0.05, 0) is 6.92 Å². The second kappa shape index (κ2) is 2.90. The first-order chi connectivity index (χ1) is 2.81. The van der Waals surface area contributed by atoms with E-state index in [1.807, 2.05) is 0 Å². The number of hydrogen-bond acceptors (Lipinski definition) is 3. The molecule has 0 aromatic carbocycles. The molecule has 0 rings (SSSR count). The largest absolute Gasteiger partial charge is 0.150 e. The van der Waals surface area contributed by atoms with Crippen LogP contribution in [0, 0.1) is 4.91 Å². The van der Waals surface area contributed by atoms with E-state index in [1.165, 1.54) is 5.37 Å². The minimum Gasteiger partial charge on any atom is -0.150 e. The van der Waals surface area contributed by atoms with Crippen LogP contribution < -0.4 is 0 Å². The quantitative estimate of drug-likeness (QED) is 0.387. The van der Waals surface area contributed by atoms with Crippen molar-refractivity contribution in [1.29, 1.82) is 0 Å². The molecule has 1 unspecified atom stereocenters. The Balaban J connectivity index is 3.21. The van der Waals surface area contributed by atoms with E-state index >= 15 is 0 Å². The van der Waals surface area contributed by atoms with Crippen LogP contribution in [-0.2, 0) is 0 Å². The van der Waals surface area contributed by atoms with Crippen LogP contribution in [-0.4, -0.2) is 11.4 Å². The topological polar surface area (TPSA) is 29.4 Å². The highest BCUT2D eigenvalue weighted by Crippen LogP contribution is 1.79. The van der Waals surface area contributed by atoms with Gasteiger partial charge in [0.25, 0.3) is 0 Å². The fraction of sp³-hybridized carbons (Fsp3) is 0.667. The van der Waals surface area contributed by atoms with E-state index in [-0.39, 0.29) is 6.04 Å². The van der Waals surface area contributed by atoms with Crippen LogP contribution >= 0.6 is 12.2 Å². The molecular formula is C3H5NOS. The molecule has 0 aliphatic heterocycles. The average Bonchev–Trinajstić information content (AvgIpc) is 1.65. The Morgan fingerprint density at radius 1 is 2.00 bits per heavy atom. The molecule has 0 aromatic heterocycles. The zero-order valence-corrected chi connectivity index (χ0v) is 4.23. The first kappa shape index (κ1) is 5.69. The van der Waals surface area contributed by atoms with Crippen molar-refractivity contribution >= 4 is 17.6 Å². The molecule has 0 spiro atoms. The van der Waals surface area contributed by atoms with Crippen LogP contribution in [0.5, 0.6) is 0 Å². The molecular weight excluding hydrogens is 98.1 g/mol. The summed E-state index contributed by atoms with van der Waals surface area (Å²) in [5.74, 6) is 0. The van der Waals surface area contributed by atoms with Gasteiger partial charge in [-0.1, -0.05) is 17.4 Å². The van der Waals surface area contributed by atoms with Crippen LogP contribution in [0.1, 0.15) is 6.92 Å². The van der Waals surface area contributed by atoms with Crippen molar-refractivity contribution in [1.82, 2.24) is 0 Å². The maximum atomic E-state index is 9.39. The zero-order valence-electron chi connectivity index (χ0n) is 3.42. The molecule has 2 nitrogen and oxygen atoms in total. The van der Waals surface area contributed by atoms with Gasteiger partial charge in [0.05, 0.1) is 0 Å². The van der Waals surface area contributed by atoms with Crippen molar-refractivity contribution in [2.45, 2.75) is 13.0 Å². The third-order valence-corrected chi connectivity index (χ3v) is 0.757. The maximum absolute atomic E-state index is 9.39. The summed E-state index contributed by atoms with van der Waals surface area (Å²) in [6.07, 6.45) is 0. The summed E-state index contributed by atoms with van der Waals surface area (Å²) in [6.45, 7) is 1.64. The molecule has 1 atom stereocenters. The SMILES string of the molecule is CC(C=S)N=O. The number of nitroso groups, excluding NO2 is 1. The van der Waals surface area contributed by atoms with E-state index in [1.54, 1.807) is 6.92 Å². The van der Waals surface area contributed by atoms with Crippen molar-refractivity contribution in [3.63, 3.8) is 0 Å². The third kappa shape index (κ3) is 1.96. The Kier molecular flexibility index (Phi) is 2.75. The van der Waals surface area contributed by atoms with Crippen LogP contribution in [0.3, 0.4) is 0 Å². The standard InChI is InChI=1S/C3H5NOS/c1-3(2-6)4-5/h2-3H,1H3. The second-order valence-corrected chi connectivity index (χ2v) is 1.25. The van der Waals surface area contributed by atoms with Crippen molar-refractivity contribution in [2.75, 3.05) is 0 Å². The molecule has 0 bridgehead atoms. The molecule has 0 fully saturated rings. The van der Waals surface area contributed by atoms with Crippen molar-refractivity contribution in [2.24, 2.45) is 5.18 Å². The Hall–Kier alpha value is -0.310. The van der Waals surface area contributed by atoms with Gasteiger partial charge in [-0.2, -0.15) is 4.91 Å². The van der Waals surface area contributed by atoms with Crippen molar-refractivity contribution in [3.8, 4) is 0 Å². The molecule has 0 N–H and O–H groups in total. The smallest absolute Gasteiger partial charge is 0.117 e.